The number of hydrogen-bond acceptors (Lipinski definition) is 4. The number of aromatic nitrogens is 2. The molecule has 1 aliphatic rings. The number of nitrogens with zero attached hydrogens (tertiary/aromatic N) is 3. The van der Waals surface area contributed by atoms with Gasteiger partial charge in [0.2, 0.25) is 5.91 Å². The standard InChI is InChI=1S/C19H24ClN5O2/c1-21-17(13-11-22-24(2)12-13)18(26)23-14-6-7-15(16(20)10-14)19(27)25-8-4-3-5-9-25/h6-7,10-12,17,21H,3-5,8-9H2,1-2H3,(H,23,26). The Morgan fingerprint density at radius 2 is 1.96 bits per heavy atom. The van der Waals surface area contributed by atoms with Crippen molar-refractivity contribution in [2.45, 2.75) is 25.3 Å². The zero-order chi connectivity index (χ0) is 19.4. The zero-order valence-electron chi connectivity index (χ0n) is 15.5. The average Bonchev–Trinajstić information content (AvgIpc) is 3.08. The molecule has 3 rings (SSSR count). The summed E-state index contributed by atoms with van der Waals surface area (Å²) in [6, 6.07) is 4.46. The molecule has 1 fully saturated rings. The molecule has 7 nitrogen and oxygen atoms in total. The number of rotatable bonds is 5. The highest BCUT2D eigenvalue weighted by Crippen LogP contribution is 2.25. The molecule has 2 N–H and O–H groups in total. The van der Waals surface area contributed by atoms with Crippen LogP contribution in [0.1, 0.15) is 41.2 Å². The predicted molar refractivity (Wildman–Crippen MR) is 105 cm³/mol. The molecule has 0 saturated carbocycles. The Morgan fingerprint density at radius 3 is 2.56 bits per heavy atom. The van der Waals surface area contributed by atoms with E-state index in [0.717, 1.165) is 37.9 Å². The van der Waals surface area contributed by atoms with Crippen molar-refractivity contribution in [3.8, 4) is 0 Å². The summed E-state index contributed by atoms with van der Waals surface area (Å²) in [5, 5.41) is 10.3. The first-order chi connectivity index (χ1) is 13.0. The van der Waals surface area contributed by atoms with Gasteiger partial charge in [0.25, 0.3) is 5.91 Å². The van der Waals surface area contributed by atoms with Gasteiger partial charge in [-0.25, -0.2) is 0 Å². The summed E-state index contributed by atoms with van der Waals surface area (Å²) in [7, 11) is 3.51. The van der Waals surface area contributed by atoms with Crippen molar-refractivity contribution in [3.63, 3.8) is 0 Å². The van der Waals surface area contributed by atoms with Gasteiger partial charge in [-0.05, 0) is 44.5 Å². The molecular weight excluding hydrogens is 366 g/mol. The molecular formula is C19H24ClN5O2. The summed E-state index contributed by atoms with van der Waals surface area (Å²) >= 11 is 6.33. The maximum atomic E-state index is 12.6. The number of aryl methyl sites for hydroxylation is 1. The van der Waals surface area contributed by atoms with Crippen LogP contribution >= 0.6 is 11.6 Å². The van der Waals surface area contributed by atoms with Gasteiger partial charge in [-0.15, -0.1) is 0 Å². The molecule has 2 amide bonds. The van der Waals surface area contributed by atoms with Crippen molar-refractivity contribution in [2.24, 2.45) is 7.05 Å². The number of carbonyl (C=O) groups excluding carboxylic acids is 2. The fourth-order valence-electron chi connectivity index (χ4n) is 3.29. The number of hydrogen-bond donors (Lipinski definition) is 2. The molecule has 0 bridgehead atoms. The van der Waals surface area contributed by atoms with Crippen molar-refractivity contribution >= 4 is 29.1 Å². The first-order valence-corrected chi connectivity index (χ1v) is 9.43. The molecule has 1 aromatic heterocycles. The lowest BCUT2D eigenvalue weighted by molar-refractivity contribution is -0.118. The number of amides is 2. The van der Waals surface area contributed by atoms with Gasteiger partial charge in [-0.2, -0.15) is 5.10 Å². The highest BCUT2D eigenvalue weighted by Gasteiger charge is 2.22. The second kappa shape index (κ2) is 8.54. The van der Waals surface area contributed by atoms with E-state index in [4.69, 9.17) is 11.6 Å². The summed E-state index contributed by atoms with van der Waals surface area (Å²) in [6.07, 6.45) is 6.64. The minimum Gasteiger partial charge on any atom is -0.339 e. The van der Waals surface area contributed by atoms with Crippen LogP contribution in [-0.4, -0.2) is 46.6 Å². The van der Waals surface area contributed by atoms with Crippen molar-refractivity contribution in [1.29, 1.82) is 0 Å². The van der Waals surface area contributed by atoms with Crippen LogP contribution in [0.4, 0.5) is 5.69 Å². The van der Waals surface area contributed by atoms with E-state index in [1.807, 2.05) is 4.90 Å². The Morgan fingerprint density at radius 1 is 1.22 bits per heavy atom. The SMILES string of the molecule is CNC(C(=O)Nc1ccc(C(=O)N2CCCCC2)c(Cl)c1)c1cnn(C)c1. The molecule has 1 aromatic carbocycles. The first-order valence-electron chi connectivity index (χ1n) is 9.05. The molecule has 0 aliphatic carbocycles. The largest absolute Gasteiger partial charge is 0.339 e. The third-order valence-electron chi connectivity index (χ3n) is 4.72. The van der Waals surface area contributed by atoms with Crippen molar-refractivity contribution in [3.05, 3.63) is 46.7 Å². The fourth-order valence-corrected chi connectivity index (χ4v) is 3.55. The molecule has 1 unspecified atom stereocenters. The van der Waals surface area contributed by atoms with Crippen LogP contribution in [-0.2, 0) is 11.8 Å². The highest BCUT2D eigenvalue weighted by atomic mass is 35.5. The monoisotopic (exact) mass is 389 g/mol. The lowest BCUT2D eigenvalue weighted by atomic mass is 10.1. The van der Waals surface area contributed by atoms with E-state index >= 15 is 0 Å². The smallest absolute Gasteiger partial charge is 0.255 e. The van der Waals surface area contributed by atoms with Gasteiger partial charge in [-0.3, -0.25) is 14.3 Å². The third-order valence-corrected chi connectivity index (χ3v) is 5.03. The normalized spacial score (nSPS) is 15.4. The van der Waals surface area contributed by atoms with Gasteiger partial charge < -0.3 is 15.5 Å². The van der Waals surface area contributed by atoms with Crippen LogP contribution in [0.15, 0.2) is 30.6 Å². The number of anilines is 1. The molecule has 2 aromatic rings. The summed E-state index contributed by atoms with van der Waals surface area (Å²) in [5.74, 6) is -0.280. The van der Waals surface area contributed by atoms with Gasteiger partial charge in [-0.1, -0.05) is 11.6 Å². The second-order valence-corrected chi connectivity index (χ2v) is 7.11. The summed E-state index contributed by atoms with van der Waals surface area (Å²) in [4.78, 5) is 27.1. The van der Waals surface area contributed by atoms with Crippen LogP contribution < -0.4 is 10.6 Å². The molecule has 1 aliphatic heterocycles. The number of carbonyl (C=O) groups is 2. The number of benzene rings is 1. The molecule has 0 spiro atoms. The minimum absolute atomic E-state index is 0.0546. The van der Waals surface area contributed by atoms with Crippen LogP contribution in [0.3, 0.4) is 0 Å². The lowest BCUT2D eigenvalue weighted by Crippen LogP contribution is -2.35. The summed E-state index contributed by atoms with van der Waals surface area (Å²) in [5.41, 5.74) is 1.78. The zero-order valence-corrected chi connectivity index (χ0v) is 16.3. The Kier molecular flexibility index (Phi) is 6.13. The predicted octanol–water partition coefficient (Wildman–Crippen LogP) is 2.60. The van der Waals surface area contributed by atoms with Crippen LogP contribution in [0.5, 0.6) is 0 Å². The van der Waals surface area contributed by atoms with Crippen molar-refractivity contribution in [1.82, 2.24) is 20.0 Å². The van der Waals surface area contributed by atoms with Crippen LogP contribution in [0, 0.1) is 0 Å². The Bertz CT molecular complexity index is 829. The molecule has 1 saturated heterocycles. The maximum Gasteiger partial charge on any atom is 0.255 e. The average molecular weight is 390 g/mol. The van der Waals surface area contributed by atoms with E-state index < -0.39 is 6.04 Å². The molecule has 1 atom stereocenters. The third kappa shape index (κ3) is 4.48. The van der Waals surface area contributed by atoms with Crippen LogP contribution in [0.25, 0.3) is 0 Å². The number of likely N-dealkylation sites (N-methyl/N-ethyl adjacent to an activating group) is 1. The van der Waals surface area contributed by atoms with E-state index in [1.165, 1.54) is 0 Å². The van der Waals surface area contributed by atoms with Gasteiger partial charge in [0.15, 0.2) is 0 Å². The molecule has 144 valence electrons. The van der Waals surface area contributed by atoms with E-state index in [-0.39, 0.29) is 11.8 Å². The molecule has 27 heavy (non-hydrogen) atoms. The first kappa shape index (κ1) is 19.4. The van der Waals surface area contributed by atoms with E-state index in [1.54, 1.807) is 49.4 Å². The number of piperidine rings is 1. The van der Waals surface area contributed by atoms with Gasteiger partial charge >= 0.3 is 0 Å². The molecule has 8 heteroatoms. The Balaban J connectivity index is 1.71. The maximum absolute atomic E-state index is 12.6. The van der Waals surface area contributed by atoms with Gasteiger partial charge in [0.05, 0.1) is 16.8 Å². The Labute approximate surface area is 163 Å². The van der Waals surface area contributed by atoms with E-state index in [9.17, 15) is 9.59 Å². The van der Waals surface area contributed by atoms with Crippen molar-refractivity contribution in [2.75, 3.05) is 25.5 Å². The van der Waals surface area contributed by atoms with Crippen LogP contribution in [0.2, 0.25) is 5.02 Å². The van der Waals surface area contributed by atoms with Gasteiger partial charge in [0.1, 0.15) is 6.04 Å². The van der Waals surface area contributed by atoms with E-state index in [2.05, 4.69) is 15.7 Å². The number of nitrogens with one attached hydrogen (secondary N) is 2. The number of halogens is 1. The van der Waals surface area contributed by atoms with E-state index in [0.29, 0.717) is 16.3 Å². The highest BCUT2D eigenvalue weighted by molar-refractivity contribution is 6.34. The second-order valence-electron chi connectivity index (χ2n) is 6.71. The molecule has 2 heterocycles. The lowest BCUT2D eigenvalue weighted by Gasteiger charge is -2.27. The minimum atomic E-state index is -0.535. The summed E-state index contributed by atoms with van der Waals surface area (Å²) in [6.45, 7) is 1.53. The van der Waals surface area contributed by atoms with Crippen molar-refractivity contribution < 1.29 is 9.59 Å². The molecule has 0 radical (unpaired) electrons. The Hall–Kier alpha value is -2.38. The quantitative estimate of drug-likeness (QED) is 0.823. The fraction of sp³-hybridized carbons (Fsp3) is 0.421. The van der Waals surface area contributed by atoms with Gasteiger partial charge in [0, 0.05) is 37.6 Å². The topological polar surface area (TPSA) is 79.3 Å². The summed E-state index contributed by atoms with van der Waals surface area (Å²) < 4.78 is 1.64. The number of likely N-dealkylation sites (tertiary alicyclic amines) is 1.